The van der Waals surface area contributed by atoms with E-state index < -0.39 is 0 Å². The third-order valence-electron chi connectivity index (χ3n) is 3.07. The maximum atomic E-state index is 6.15. The van der Waals surface area contributed by atoms with Gasteiger partial charge < -0.3 is 14.8 Å². The van der Waals surface area contributed by atoms with E-state index in [2.05, 4.69) is 23.7 Å². The van der Waals surface area contributed by atoms with Crippen LogP contribution in [-0.2, 0) is 13.1 Å². The van der Waals surface area contributed by atoms with Gasteiger partial charge in [0, 0.05) is 18.0 Å². The lowest BCUT2D eigenvalue weighted by Crippen LogP contribution is -2.12. The summed E-state index contributed by atoms with van der Waals surface area (Å²) in [5.41, 5.74) is 2.43. The molecule has 1 aromatic heterocycles. The molecule has 0 amide bonds. The van der Waals surface area contributed by atoms with E-state index in [1.807, 2.05) is 12.1 Å². The third kappa shape index (κ3) is 2.71. The highest BCUT2D eigenvalue weighted by Gasteiger charge is 2.18. The van der Waals surface area contributed by atoms with Gasteiger partial charge in [0.2, 0.25) is 6.79 Å². The van der Waals surface area contributed by atoms with Gasteiger partial charge in [-0.1, -0.05) is 11.6 Å². The van der Waals surface area contributed by atoms with Crippen LogP contribution in [0.4, 0.5) is 0 Å². The zero-order valence-corrected chi connectivity index (χ0v) is 12.1. The molecule has 0 unspecified atom stereocenters. The molecule has 3 rings (SSSR count). The smallest absolute Gasteiger partial charge is 0.231 e. The molecular weight excluding hydrogens is 282 g/mol. The molecule has 0 atom stereocenters. The Hall–Kier alpha value is -1.23. The highest BCUT2D eigenvalue weighted by atomic mass is 35.5. The van der Waals surface area contributed by atoms with E-state index in [0.717, 1.165) is 24.4 Å². The van der Waals surface area contributed by atoms with Crippen molar-refractivity contribution in [3.05, 3.63) is 44.6 Å². The van der Waals surface area contributed by atoms with Gasteiger partial charge >= 0.3 is 0 Å². The Morgan fingerprint density at radius 3 is 3.00 bits per heavy atom. The summed E-state index contributed by atoms with van der Waals surface area (Å²) in [5.74, 6) is 1.39. The fourth-order valence-electron chi connectivity index (χ4n) is 2.03. The zero-order chi connectivity index (χ0) is 13.2. The minimum absolute atomic E-state index is 0.250. The van der Waals surface area contributed by atoms with Crippen molar-refractivity contribution >= 4 is 22.9 Å². The van der Waals surface area contributed by atoms with Gasteiger partial charge in [-0.3, -0.25) is 0 Å². The van der Waals surface area contributed by atoms with Crippen LogP contribution in [0.2, 0.25) is 5.02 Å². The number of rotatable bonds is 4. The van der Waals surface area contributed by atoms with E-state index in [0.29, 0.717) is 10.8 Å². The number of benzene rings is 1. The Labute approximate surface area is 121 Å². The number of fused-ring (bicyclic) bond motifs is 1. The molecule has 1 aliphatic rings. The lowest BCUT2D eigenvalue weighted by Gasteiger charge is -2.07. The van der Waals surface area contributed by atoms with Gasteiger partial charge in [0.25, 0.3) is 0 Å². The van der Waals surface area contributed by atoms with Crippen LogP contribution in [0, 0.1) is 6.92 Å². The summed E-state index contributed by atoms with van der Waals surface area (Å²) in [6.45, 7) is 4.01. The van der Waals surface area contributed by atoms with Crippen molar-refractivity contribution < 1.29 is 9.47 Å². The lowest BCUT2D eigenvalue weighted by atomic mass is 10.2. The molecule has 2 aromatic rings. The molecule has 2 heterocycles. The summed E-state index contributed by atoms with van der Waals surface area (Å²) in [7, 11) is 0. The molecular formula is C14H14ClNO2S. The minimum atomic E-state index is 0.250. The van der Waals surface area contributed by atoms with Crippen molar-refractivity contribution in [1.82, 2.24) is 5.32 Å². The normalized spacial score (nSPS) is 12.9. The van der Waals surface area contributed by atoms with Crippen LogP contribution in [0.5, 0.6) is 11.5 Å². The largest absolute Gasteiger partial charge is 0.454 e. The van der Waals surface area contributed by atoms with Gasteiger partial charge in [-0.05, 0) is 41.6 Å². The second kappa shape index (κ2) is 5.41. The number of halogens is 1. The molecule has 0 saturated carbocycles. The summed E-state index contributed by atoms with van der Waals surface area (Å²) in [5, 5.41) is 6.14. The number of nitrogens with one attached hydrogen (secondary N) is 1. The van der Waals surface area contributed by atoms with Gasteiger partial charge in [-0.25, -0.2) is 0 Å². The predicted molar refractivity (Wildman–Crippen MR) is 77.2 cm³/mol. The Kier molecular flexibility index (Phi) is 3.64. The second-order valence-corrected chi connectivity index (χ2v) is 5.85. The molecule has 0 fully saturated rings. The topological polar surface area (TPSA) is 30.5 Å². The monoisotopic (exact) mass is 295 g/mol. The van der Waals surface area contributed by atoms with Crippen molar-refractivity contribution in [3.63, 3.8) is 0 Å². The maximum absolute atomic E-state index is 6.15. The standard InChI is InChI=1S/C14H14ClNO2S/c1-9-2-3-19-13(9)7-16-6-10-4-11(15)14-12(5-10)17-8-18-14/h2-5,16H,6-8H2,1H3. The number of ether oxygens (including phenoxy) is 2. The summed E-state index contributed by atoms with van der Waals surface area (Å²) in [6, 6.07) is 6.03. The number of aryl methyl sites for hydroxylation is 1. The van der Waals surface area contributed by atoms with Crippen molar-refractivity contribution in [3.8, 4) is 11.5 Å². The molecule has 0 bridgehead atoms. The number of hydrogen-bond donors (Lipinski definition) is 1. The van der Waals surface area contributed by atoms with E-state index >= 15 is 0 Å². The Morgan fingerprint density at radius 2 is 2.21 bits per heavy atom. The van der Waals surface area contributed by atoms with Gasteiger partial charge in [-0.2, -0.15) is 0 Å². The lowest BCUT2D eigenvalue weighted by molar-refractivity contribution is 0.174. The van der Waals surface area contributed by atoms with Crippen LogP contribution < -0.4 is 14.8 Å². The van der Waals surface area contributed by atoms with Crippen LogP contribution >= 0.6 is 22.9 Å². The van der Waals surface area contributed by atoms with Gasteiger partial charge in [0.1, 0.15) is 0 Å². The van der Waals surface area contributed by atoms with E-state index in [4.69, 9.17) is 21.1 Å². The molecule has 0 spiro atoms. The molecule has 100 valence electrons. The van der Waals surface area contributed by atoms with E-state index in [1.54, 1.807) is 11.3 Å². The molecule has 1 N–H and O–H groups in total. The first kappa shape index (κ1) is 12.8. The first-order valence-electron chi connectivity index (χ1n) is 6.06. The fourth-order valence-corrected chi connectivity index (χ4v) is 3.19. The highest BCUT2D eigenvalue weighted by Crippen LogP contribution is 2.39. The fraction of sp³-hybridized carbons (Fsp3) is 0.286. The van der Waals surface area contributed by atoms with Crippen LogP contribution in [0.3, 0.4) is 0 Å². The van der Waals surface area contributed by atoms with Crippen molar-refractivity contribution in [2.45, 2.75) is 20.0 Å². The van der Waals surface area contributed by atoms with Crippen molar-refractivity contribution in [2.24, 2.45) is 0 Å². The van der Waals surface area contributed by atoms with E-state index in [9.17, 15) is 0 Å². The number of thiophene rings is 1. The van der Waals surface area contributed by atoms with E-state index in [-0.39, 0.29) is 6.79 Å². The van der Waals surface area contributed by atoms with Crippen molar-refractivity contribution in [2.75, 3.05) is 6.79 Å². The molecule has 1 aromatic carbocycles. The summed E-state index contributed by atoms with van der Waals surface area (Å²) in [4.78, 5) is 1.37. The van der Waals surface area contributed by atoms with Crippen LogP contribution in [0.25, 0.3) is 0 Å². The third-order valence-corrected chi connectivity index (χ3v) is 4.37. The first-order valence-corrected chi connectivity index (χ1v) is 7.31. The molecule has 0 radical (unpaired) electrons. The molecule has 0 aliphatic carbocycles. The maximum Gasteiger partial charge on any atom is 0.231 e. The SMILES string of the molecule is Cc1ccsc1CNCc1cc(Cl)c2c(c1)OCO2. The Bertz CT molecular complexity index is 597. The quantitative estimate of drug-likeness (QED) is 0.932. The predicted octanol–water partition coefficient (Wildman–Crippen LogP) is 3.73. The molecule has 0 saturated heterocycles. The zero-order valence-electron chi connectivity index (χ0n) is 10.5. The summed E-state index contributed by atoms with van der Waals surface area (Å²) in [6.07, 6.45) is 0. The minimum Gasteiger partial charge on any atom is -0.454 e. The van der Waals surface area contributed by atoms with Crippen LogP contribution in [-0.4, -0.2) is 6.79 Å². The second-order valence-electron chi connectivity index (χ2n) is 4.44. The van der Waals surface area contributed by atoms with Crippen LogP contribution in [0.15, 0.2) is 23.6 Å². The van der Waals surface area contributed by atoms with Gasteiger partial charge in [0.05, 0.1) is 5.02 Å². The summed E-state index contributed by atoms with van der Waals surface area (Å²) < 4.78 is 10.6. The van der Waals surface area contributed by atoms with Crippen LogP contribution in [0.1, 0.15) is 16.0 Å². The molecule has 3 nitrogen and oxygen atoms in total. The number of hydrogen-bond acceptors (Lipinski definition) is 4. The highest BCUT2D eigenvalue weighted by molar-refractivity contribution is 7.10. The Balaban J connectivity index is 1.65. The first-order chi connectivity index (χ1) is 9.24. The average Bonchev–Trinajstić information content (AvgIpc) is 2.99. The van der Waals surface area contributed by atoms with Gasteiger partial charge in [-0.15, -0.1) is 11.3 Å². The average molecular weight is 296 g/mol. The molecule has 19 heavy (non-hydrogen) atoms. The Morgan fingerprint density at radius 1 is 1.32 bits per heavy atom. The molecule has 1 aliphatic heterocycles. The van der Waals surface area contributed by atoms with Gasteiger partial charge in [0.15, 0.2) is 11.5 Å². The van der Waals surface area contributed by atoms with E-state index in [1.165, 1.54) is 10.4 Å². The van der Waals surface area contributed by atoms with Crippen molar-refractivity contribution in [1.29, 1.82) is 0 Å². The molecule has 5 heteroatoms. The summed E-state index contributed by atoms with van der Waals surface area (Å²) >= 11 is 7.92.